The molecule has 2 aromatic rings. The largest absolute Gasteiger partial charge is 0.416 e. The zero-order chi connectivity index (χ0) is 14.5. The number of halogens is 3. The van der Waals surface area contributed by atoms with Crippen LogP contribution in [0.3, 0.4) is 0 Å². The average molecular weight is 280 g/mol. The summed E-state index contributed by atoms with van der Waals surface area (Å²) in [6, 6.07) is 5.13. The topological polar surface area (TPSA) is 44.9 Å². The first-order chi connectivity index (χ1) is 9.38. The number of carbonyl (C=O) groups excluding carboxylic acids is 1. The Kier molecular flexibility index (Phi) is 2.64. The van der Waals surface area contributed by atoms with Gasteiger partial charge in [-0.2, -0.15) is 13.2 Å². The number of hydrogen-bond acceptors (Lipinski definition) is 1. The fourth-order valence-electron chi connectivity index (χ4n) is 2.52. The van der Waals surface area contributed by atoms with Gasteiger partial charge in [-0.05, 0) is 36.2 Å². The van der Waals surface area contributed by atoms with Crippen molar-refractivity contribution in [3.63, 3.8) is 0 Å². The van der Waals surface area contributed by atoms with E-state index in [1.54, 1.807) is 12.3 Å². The van der Waals surface area contributed by atoms with Crippen LogP contribution in [-0.2, 0) is 11.0 Å². The molecule has 0 saturated heterocycles. The number of anilines is 1. The Morgan fingerprint density at radius 2 is 1.90 bits per heavy atom. The Balaban J connectivity index is 2.09. The zero-order valence-electron chi connectivity index (χ0n) is 10.5. The van der Waals surface area contributed by atoms with Gasteiger partial charge in [0.05, 0.1) is 11.5 Å². The van der Waals surface area contributed by atoms with Crippen LogP contribution in [0.5, 0.6) is 0 Å². The van der Waals surface area contributed by atoms with E-state index in [2.05, 4.69) is 10.3 Å². The van der Waals surface area contributed by atoms with Crippen molar-refractivity contribution in [3.8, 4) is 0 Å². The molecule has 0 bridgehead atoms. The Morgan fingerprint density at radius 1 is 1.15 bits per heavy atom. The van der Waals surface area contributed by atoms with Gasteiger partial charge >= 0.3 is 6.18 Å². The monoisotopic (exact) mass is 280 g/mol. The molecule has 1 aromatic carbocycles. The lowest BCUT2D eigenvalue weighted by Crippen LogP contribution is -2.13. The second-order valence-corrected chi connectivity index (χ2v) is 4.78. The quantitative estimate of drug-likeness (QED) is 0.826. The molecule has 1 amide bonds. The highest BCUT2D eigenvalue weighted by Crippen LogP contribution is 2.41. The van der Waals surface area contributed by atoms with Crippen molar-refractivity contribution in [1.29, 1.82) is 0 Å². The van der Waals surface area contributed by atoms with Crippen LogP contribution in [0.2, 0.25) is 0 Å². The molecule has 1 atom stereocenters. The summed E-state index contributed by atoms with van der Waals surface area (Å²) in [5.41, 5.74) is 1.66. The molecule has 1 aromatic heterocycles. The van der Waals surface area contributed by atoms with Gasteiger partial charge in [-0.25, -0.2) is 0 Å². The van der Waals surface area contributed by atoms with Crippen molar-refractivity contribution in [3.05, 3.63) is 52.8 Å². The highest BCUT2D eigenvalue weighted by molar-refractivity contribution is 6.05. The fourth-order valence-corrected chi connectivity index (χ4v) is 2.52. The van der Waals surface area contributed by atoms with Crippen LogP contribution in [0.15, 0.2) is 30.5 Å². The van der Waals surface area contributed by atoms with Crippen molar-refractivity contribution in [2.75, 3.05) is 5.32 Å². The minimum atomic E-state index is -4.41. The summed E-state index contributed by atoms with van der Waals surface area (Å²) in [7, 11) is 0. The van der Waals surface area contributed by atoms with Gasteiger partial charge in [0.15, 0.2) is 0 Å². The summed E-state index contributed by atoms with van der Waals surface area (Å²) in [5, 5.41) is 2.52. The molecule has 1 aliphatic heterocycles. The molecule has 3 rings (SSSR count). The maximum Gasteiger partial charge on any atom is 0.416 e. The summed E-state index contributed by atoms with van der Waals surface area (Å²) < 4.78 is 38.0. The zero-order valence-corrected chi connectivity index (χ0v) is 10.5. The summed E-state index contributed by atoms with van der Waals surface area (Å²) in [5.74, 6) is -0.861. The summed E-state index contributed by atoms with van der Waals surface area (Å²) >= 11 is 0. The van der Waals surface area contributed by atoms with Gasteiger partial charge in [0, 0.05) is 17.6 Å². The second kappa shape index (κ2) is 4.13. The lowest BCUT2D eigenvalue weighted by atomic mass is 9.92. The van der Waals surface area contributed by atoms with Gasteiger partial charge in [-0.3, -0.25) is 4.79 Å². The van der Waals surface area contributed by atoms with E-state index in [4.69, 9.17) is 0 Å². The van der Waals surface area contributed by atoms with Crippen molar-refractivity contribution in [2.24, 2.45) is 0 Å². The number of alkyl halides is 3. The normalized spacial score (nSPS) is 18.0. The van der Waals surface area contributed by atoms with Crippen molar-refractivity contribution >= 4 is 11.6 Å². The van der Waals surface area contributed by atoms with Crippen LogP contribution in [0.25, 0.3) is 0 Å². The van der Waals surface area contributed by atoms with Gasteiger partial charge in [0.2, 0.25) is 5.91 Å². The maximum absolute atomic E-state index is 12.7. The molecule has 0 radical (unpaired) electrons. The number of hydrogen-bond donors (Lipinski definition) is 2. The van der Waals surface area contributed by atoms with Crippen molar-refractivity contribution < 1.29 is 18.0 Å². The molecule has 20 heavy (non-hydrogen) atoms. The van der Waals surface area contributed by atoms with E-state index in [0.29, 0.717) is 5.56 Å². The van der Waals surface area contributed by atoms with E-state index in [1.807, 2.05) is 6.92 Å². The molecule has 2 N–H and O–H groups in total. The number of nitrogens with one attached hydrogen (secondary N) is 2. The van der Waals surface area contributed by atoms with Crippen molar-refractivity contribution in [1.82, 2.24) is 4.98 Å². The Hall–Kier alpha value is -2.24. The molecular formula is C14H11F3N2O. The maximum atomic E-state index is 12.7. The van der Waals surface area contributed by atoms with Crippen LogP contribution in [-0.4, -0.2) is 10.9 Å². The Morgan fingerprint density at radius 3 is 2.50 bits per heavy atom. The third-order valence-corrected chi connectivity index (χ3v) is 3.52. The average Bonchev–Trinajstić information content (AvgIpc) is 2.89. The van der Waals surface area contributed by atoms with E-state index in [0.717, 1.165) is 23.4 Å². The number of H-pyrrole nitrogens is 1. The van der Waals surface area contributed by atoms with E-state index < -0.39 is 17.7 Å². The standard InChI is InChI=1S/C14H11F3N2O/c1-7-9(4-5-18-7)12-10-3-2-8(14(15,16)17)6-11(10)19-13(12)20/h2-6,12,18H,1H3,(H,19,20). The number of rotatable bonds is 1. The molecule has 104 valence electrons. The smallest absolute Gasteiger partial charge is 0.365 e. The van der Waals surface area contributed by atoms with Crippen LogP contribution >= 0.6 is 0 Å². The van der Waals surface area contributed by atoms with Gasteiger partial charge in [-0.15, -0.1) is 0 Å². The first-order valence-electron chi connectivity index (χ1n) is 6.04. The van der Waals surface area contributed by atoms with E-state index >= 15 is 0 Å². The minimum Gasteiger partial charge on any atom is -0.365 e. The Labute approximate surface area is 112 Å². The van der Waals surface area contributed by atoms with Crippen LogP contribution < -0.4 is 5.32 Å². The first kappa shape index (κ1) is 12.8. The summed E-state index contributed by atoms with van der Waals surface area (Å²) in [4.78, 5) is 15.0. The van der Waals surface area contributed by atoms with Crippen molar-refractivity contribution in [2.45, 2.75) is 19.0 Å². The lowest BCUT2D eigenvalue weighted by Gasteiger charge is -2.10. The molecular weight excluding hydrogens is 269 g/mol. The second-order valence-electron chi connectivity index (χ2n) is 4.78. The third-order valence-electron chi connectivity index (χ3n) is 3.52. The highest BCUT2D eigenvalue weighted by atomic mass is 19.4. The number of benzene rings is 1. The van der Waals surface area contributed by atoms with E-state index in [1.165, 1.54) is 6.07 Å². The number of fused-ring (bicyclic) bond motifs is 1. The first-order valence-corrected chi connectivity index (χ1v) is 6.04. The highest BCUT2D eigenvalue weighted by Gasteiger charge is 2.37. The van der Waals surface area contributed by atoms with Crippen LogP contribution in [0.4, 0.5) is 18.9 Å². The predicted octanol–water partition coefficient (Wildman–Crippen LogP) is 3.43. The fraction of sp³-hybridized carbons (Fsp3) is 0.214. The van der Waals surface area contributed by atoms with Gasteiger partial charge in [0.25, 0.3) is 0 Å². The summed E-state index contributed by atoms with van der Waals surface area (Å²) in [6.45, 7) is 1.82. The Bertz CT molecular complexity index is 688. The number of amides is 1. The molecule has 6 heteroatoms. The molecule has 1 unspecified atom stereocenters. The molecule has 0 spiro atoms. The van der Waals surface area contributed by atoms with Crippen LogP contribution in [0.1, 0.15) is 28.3 Å². The molecule has 1 aliphatic rings. The minimum absolute atomic E-state index is 0.232. The number of aromatic amines is 1. The van der Waals surface area contributed by atoms with Gasteiger partial charge < -0.3 is 10.3 Å². The molecule has 3 nitrogen and oxygen atoms in total. The third kappa shape index (κ3) is 1.88. The summed E-state index contributed by atoms with van der Waals surface area (Å²) in [6.07, 6.45) is -2.71. The predicted molar refractivity (Wildman–Crippen MR) is 67.4 cm³/mol. The van der Waals surface area contributed by atoms with E-state index in [-0.39, 0.29) is 11.6 Å². The molecule has 2 heterocycles. The van der Waals surface area contributed by atoms with Gasteiger partial charge in [-0.1, -0.05) is 6.07 Å². The number of carbonyl (C=O) groups is 1. The molecule has 0 saturated carbocycles. The number of aromatic nitrogens is 1. The SMILES string of the molecule is Cc1[nH]ccc1C1C(=O)Nc2cc(C(F)(F)F)ccc21. The van der Waals surface area contributed by atoms with E-state index in [9.17, 15) is 18.0 Å². The number of aryl methyl sites for hydroxylation is 1. The van der Waals surface area contributed by atoms with Crippen LogP contribution in [0, 0.1) is 6.92 Å². The lowest BCUT2D eigenvalue weighted by molar-refractivity contribution is -0.137. The molecule has 0 fully saturated rings. The van der Waals surface area contributed by atoms with Gasteiger partial charge in [0.1, 0.15) is 0 Å². The molecule has 0 aliphatic carbocycles.